The molecule has 1 rings (SSSR count). The second-order valence-electron chi connectivity index (χ2n) is 4.61. The minimum Gasteiger partial charge on any atom is -0.481 e. The number of unbranched alkanes of at least 4 members (excludes halogenated alkanes) is 1. The zero-order chi connectivity index (χ0) is 15.0. The number of aliphatic carboxylic acids is 1. The lowest BCUT2D eigenvalue weighted by molar-refractivity contribution is -0.136. The Hall–Kier alpha value is -2.04. The van der Waals surface area contributed by atoms with Crippen LogP contribution >= 0.6 is 0 Å². The average molecular weight is 279 g/mol. The predicted octanol–water partition coefficient (Wildman–Crippen LogP) is 2.55. The maximum absolute atomic E-state index is 11.8. The predicted molar refractivity (Wildman–Crippen MR) is 77.2 cm³/mol. The van der Waals surface area contributed by atoms with E-state index in [9.17, 15) is 9.59 Å². The van der Waals surface area contributed by atoms with Crippen molar-refractivity contribution in [2.24, 2.45) is 0 Å². The zero-order valence-electron chi connectivity index (χ0n) is 12.0. The average Bonchev–Trinajstić information content (AvgIpc) is 2.45. The first-order chi connectivity index (χ1) is 9.54. The highest BCUT2D eigenvalue weighted by atomic mass is 16.5. The van der Waals surface area contributed by atoms with Crippen molar-refractivity contribution in [1.29, 1.82) is 0 Å². The molecule has 0 unspecified atom stereocenters. The molecule has 5 heteroatoms. The number of ether oxygens (including phenoxy) is 1. The van der Waals surface area contributed by atoms with Crippen molar-refractivity contribution >= 4 is 17.6 Å². The van der Waals surface area contributed by atoms with Gasteiger partial charge in [-0.3, -0.25) is 4.79 Å². The lowest BCUT2D eigenvalue weighted by Crippen LogP contribution is -2.21. The molecule has 110 valence electrons. The molecule has 0 bridgehead atoms. The number of benzene rings is 1. The minimum absolute atomic E-state index is 0.0572. The largest absolute Gasteiger partial charge is 0.481 e. The van der Waals surface area contributed by atoms with Gasteiger partial charge >= 0.3 is 11.9 Å². The Balaban J connectivity index is 2.64. The van der Waals surface area contributed by atoms with Gasteiger partial charge in [0.25, 0.3) is 0 Å². The van der Waals surface area contributed by atoms with E-state index in [0.29, 0.717) is 18.7 Å². The summed E-state index contributed by atoms with van der Waals surface area (Å²) in [6, 6.07) is 7.02. The van der Waals surface area contributed by atoms with E-state index in [0.717, 1.165) is 18.5 Å². The van der Waals surface area contributed by atoms with E-state index in [2.05, 4.69) is 0 Å². The molecule has 0 aromatic heterocycles. The fourth-order valence-electron chi connectivity index (χ4n) is 1.66. The first kappa shape index (κ1) is 16.0. The molecule has 0 amide bonds. The smallest absolute Gasteiger partial charge is 0.338 e. The fraction of sp³-hybridized carbons (Fsp3) is 0.467. The number of nitrogens with zero attached hydrogens (tertiary/aromatic N) is 1. The third kappa shape index (κ3) is 5.30. The van der Waals surface area contributed by atoms with E-state index in [4.69, 9.17) is 9.84 Å². The van der Waals surface area contributed by atoms with E-state index in [-0.39, 0.29) is 12.4 Å². The molecule has 0 saturated carbocycles. The van der Waals surface area contributed by atoms with Crippen molar-refractivity contribution < 1.29 is 19.4 Å². The van der Waals surface area contributed by atoms with Gasteiger partial charge in [-0.15, -0.1) is 0 Å². The molecule has 0 aliphatic rings. The Morgan fingerprint density at radius 2 is 2.10 bits per heavy atom. The van der Waals surface area contributed by atoms with Crippen LogP contribution < -0.4 is 4.90 Å². The highest BCUT2D eigenvalue weighted by Gasteiger charge is 2.10. The number of hydrogen-bond donors (Lipinski definition) is 1. The fourth-order valence-corrected chi connectivity index (χ4v) is 1.66. The van der Waals surface area contributed by atoms with Crippen molar-refractivity contribution in [1.82, 2.24) is 0 Å². The van der Waals surface area contributed by atoms with Gasteiger partial charge < -0.3 is 14.7 Å². The first-order valence-corrected chi connectivity index (χ1v) is 6.74. The highest BCUT2D eigenvalue weighted by molar-refractivity contribution is 5.90. The van der Waals surface area contributed by atoms with Gasteiger partial charge in [0.15, 0.2) is 0 Å². The zero-order valence-corrected chi connectivity index (χ0v) is 12.0. The molecule has 1 aromatic carbocycles. The summed E-state index contributed by atoms with van der Waals surface area (Å²) in [5.41, 5.74) is 1.29. The number of anilines is 1. The van der Waals surface area contributed by atoms with Crippen LogP contribution in [0.4, 0.5) is 5.69 Å². The quantitative estimate of drug-likeness (QED) is 0.585. The maximum atomic E-state index is 11.8. The second kappa shape index (κ2) is 8.19. The van der Waals surface area contributed by atoms with Crippen LogP contribution in [0.25, 0.3) is 0 Å². The molecule has 0 fully saturated rings. The van der Waals surface area contributed by atoms with Gasteiger partial charge in [-0.25, -0.2) is 4.79 Å². The lowest BCUT2D eigenvalue weighted by Gasteiger charge is -2.18. The van der Waals surface area contributed by atoms with Gasteiger partial charge in [-0.1, -0.05) is 19.4 Å². The molecule has 0 saturated heterocycles. The summed E-state index contributed by atoms with van der Waals surface area (Å²) in [5, 5.41) is 8.67. The summed E-state index contributed by atoms with van der Waals surface area (Å²) in [7, 11) is 1.80. The van der Waals surface area contributed by atoms with Crippen LogP contribution in [-0.4, -0.2) is 37.2 Å². The van der Waals surface area contributed by atoms with Gasteiger partial charge in [-0.2, -0.15) is 0 Å². The Morgan fingerprint density at radius 1 is 1.35 bits per heavy atom. The lowest BCUT2D eigenvalue weighted by atomic mass is 10.2. The highest BCUT2D eigenvalue weighted by Crippen LogP contribution is 2.16. The van der Waals surface area contributed by atoms with Crippen molar-refractivity contribution in [3.63, 3.8) is 0 Å². The van der Waals surface area contributed by atoms with Crippen LogP contribution in [-0.2, 0) is 9.53 Å². The molecular weight excluding hydrogens is 258 g/mol. The van der Waals surface area contributed by atoms with Crippen molar-refractivity contribution in [2.75, 3.05) is 25.1 Å². The number of carboxylic acid groups (broad SMARTS) is 1. The third-order valence-electron chi connectivity index (χ3n) is 2.91. The molecule has 0 atom stereocenters. The van der Waals surface area contributed by atoms with Crippen LogP contribution in [0.5, 0.6) is 0 Å². The molecule has 5 nitrogen and oxygen atoms in total. The Kier molecular flexibility index (Phi) is 6.56. The first-order valence-electron chi connectivity index (χ1n) is 6.74. The van der Waals surface area contributed by atoms with Crippen molar-refractivity contribution in [2.45, 2.75) is 26.2 Å². The van der Waals surface area contributed by atoms with E-state index in [1.807, 2.05) is 13.0 Å². The molecule has 0 aliphatic heterocycles. The molecule has 0 spiro atoms. The summed E-state index contributed by atoms with van der Waals surface area (Å²) in [6.45, 7) is 2.85. The molecule has 0 heterocycles. The van der Waals surface area contributed by atoms with Crippen molar-refractivity contribution in [3.05, 3.63) is 29.8 Å². The molecule has 20 heavy (non-hydrogen) atoms. The number of hydrogen-bond acceptors (Lipinski definition) is 4. The molecule has 1 aromatic rings. The van der Waals surface area contributed by atoms with Gasteiger partial charge in [0, 0.05) is 19.3 Å². The maximum Gasteiger partial charge on any atom is 0.338 e. The van der Waals surface area contributed by atoms with E-state index < -0.39 is 5.97 Å². The van der Waals surface area contributed by atoms with Gasteiger partial charge in [0.2, 0.25) is 0 Å². The molecular formula is C15H21NO4. The van der Waals surface area contributed by atoms with Crippen LogP contribution in [0.3, 0.4) is 0 Å². The monoisotopic (exact) mass is 279 g/mol. The molecule has 0 aliphatic carbocycles. The van der Waals surface area contributed by atoms with Crippen LogP contribution in [0, 0.1) is 0 Å². The van der Waals surface area contributed by atoms with Crippen LogP contribution in [0.2, 0.25) is 0 Å². The number of carbonyl (C=O) groups excluding carboxylic acids is 1. The summed E-state index contributed by atoms with van der Waals surface area (Å²) in [5.74, 6) is -1.18. The summed E-state index contributed by atoms with van der Waals surface area (Å²) in [6.07, 6.45) is 1.89. The summed E-state index contributed by atoms with van der Waals surface area (Å²) < 4.78 is 5.15. The molecule has 1 N–H and O–H groups in total. The standard InChI is InChI=1S/C15H21NO4/c1-3-4-10-20-15(19)12-6-5-7-13(11-12)16(2)9-8-14(17)18/h5-7,11H,3-4,8-10H2,1-2H3,(H,17,18). The summed E-state index contributed by atoms with van der Waals surface area (Å²) in [4.78, 5) is 24.2. The normalized spacial score (nSPS) is 10.1. The molecule has 0 radical (unpaired) electrons. The second-order valence-corrected chi connectivity index (χ2v) is 4.61. The number of carbonyl (C=O) groups is 2. The SMILES string of the molecule is CCCCOC(=O)c1cccc(N(C)CCC(=O)O)c1. The van der Waals surface area contributed by atoms with E-state index >= 15 is 0 Å². The van der Waals surface area contributed by atoms with Crippen LogP contribution in [0.15, 0.2) is 24.3 Å². The van der Waals surface area contributed by atoms with E-state index in [1.165, 1.54) is 0 Å². The number of rotatable bonds is 8. The van der Waals surface area contributed by atoms with Gasteiger partial charge in [-0.05, 0) is 24.6 Å². The Labute approximate surface area is 119 Å². The summed E-state index contributed by atoms with van der Waals surface area (Å²) >= 11 is 0. The topological polar surface area (TPSA) is 66.8 Å². The van der Waals surface area contributed by atoms with Crippen LogP contribution in [0.1, 0.15) is 36.5 Å². The van der Waals surface area contributed by atoms with Crippen molar-refractivity contribution in [3.8, 4) is 0 Å². The Morgan fingerprint density at radius 3 is 2.75 bits per heavy atom. The van der Waals surface area contributed by atoms with Gasteiger partial charge in [0.1, 0.15) is 0 Å². The Bertz CT molecular complexity index is 459. The van der Waals surface area contributed by atoms with E-state index in [1.54, 1.807) is 30.1 Å². The number of esters is 1. The minimum atomic E-state index is -0.841. The third-order valence-corrected chi connectivity index (χ3v) is 2.91. The van der Waals surface area contributed by atoms with Gasteiger partial charge in [0.05, 0.1) is 18.6 Å². The number of carboxylic acids is 1.